The summed E-state index contributed by atoms with van der Waals surface area (Å²) in [5.74, 6) is 0. The summed E-state index contributed by atoms with van der Waals surface area (Å²) in [6.07, 6.45) is 12.9. The topological polar surface area (TPSA) is 14.1 Å². The fraction of sp³-hybridized carbons (Fsp3) is 0.250. The van der Waals surface area contributed by atoms with Crippen molar-refractivity contribution in [3.05, 3.63) is 125 Å². The van der Waals surface area contributed by atoms with Crippen LogP contribution in [0.4, 0.5) is 0 Å². The maximum absolute atomic E-state index is 4.59. The number of hydrogen-bond acceptors (Lipinski definition) is 0. The maximum Gasteiger partial charge on any atom is -0.0637 e. The van der Waals surface area contributed by atoms with Gasteiger partial charge in [-0.15, -0.1) is 83.1 Å². The van der Waals surface area contributed by atoms with Gasteiger partial charge in [-0.1, -0.05) is 99.8 Å². The van der Waals surface area contributed by atoms with Gasteiger partial charge < -0.3 is 5.32 Å². The van der Waals surface area contributed by atoms with E-state index in [2.05, 4.69) is 135 Å². The van der Waals surface area contributed by atoms with E-state index in [9.17, 15) is 0 Å². The molecular formula is C32H34BCl2NZr-3. The molecule has 0 spiro atoms. The van der Waals surface area contributed by atoms with Gasteiger partial charge in [0.25, 0.3) is 0 Å². The predicted octanol–water partition coefficient (Wildman–Crippen LogP) is 8.84. The molecule has 191 valence electrons. The van der Waals surface area contributed by atoms with E-state index in [1.165, 1.54) is 43.8 Å². The van der Waals surface area contributed by atoms with Gasteiger partial charge in [-0.05, 0) is 0 Å². The zero-order chi connectivity index (χ0) is 25.2. The van der Waals surface area contributed by atoms with Crippen molar-refractivity contribution in [3.63, 3.8) is 0 Å². The monoisotopic (exact) mass is 603 g/mol. The molecule has 0 fully saturated rings. The second-order valence-electron chi connectivity index (χ2n) is 9.08. The van der Waals surface area contributed by atoms with Gasteiger partial charge in [0.1, 0.15) is 0 Å². The molecule has 0 heterocycles. The van der Waals surface area contributed by atoms with Crippen LogP contribution >= 0.6 is 24.8 Å². The van der Waals surface area contributed by atoms with Gasteiger partial charge in [-0.2, -0.15) is 35.4 Å². The Morgan fingerprint density at radius 2 is 1.00 bits per heavy atom. The Morgan fingerprint density at radius 1 is 0.622 bits per heavy atom. The molecule has 0 N–H and O–H groups in total. The number of fused-ring (bicyclic) bond motifs is 6. The summed E-state index contributed by atoms with van der Waals surface area (Å²) in [7, 11) is 0. The van der Waals surface area contributed by atoms with Crippen LogP contribution in [0.25, 0.3) is 26.9 Å². The quantitative estimate of drug-likeness (QED) is 0.160. The van der Waals surface area contributed by atoms with Crippen molar-refractivity contribution in [2.75, 3.05) is 0 Å². The smallest absolute Gasteiger partial charge is 0.0637 e. The number of benzene rings is 4. The third-order valence-corrected chi connectivity index (χ3v) is 5.76. The van der Waals surface area contributed by atoms with Crippen molar-refractivity contribution in [3.8, 4) is 0 Å². The van der Waals surface area contributed by atoms with Crippen molar-refractivity contribution in [1.29, 1.82) is 0 Å². The maximum atomic E-state index is 4.59. The second kappa shape index (κ2) is 17.1. The molecule has 2 aliphatic carbocycles. The van der Waals surface area contributed by atoms with E-state index < -0.39 is 0 Å². The number of rotatable bonds is 2. The molecule has 0 atom stereocenters. The van der Waals surface area contributed by atoms with Crippen LogP contribution in [0.15, 0.2) is 84.9 Å². The number of halogens is 2. The summed E-state index contributed by atoms with van der Waals surface area (Å²) < 4.78 is 0. The Hall–Kier alpha value is -1.63. The van der Waals surface area contributed by atoms with Gasteiger partial charge in [0.15, 0.2) is 0 Å². The molecule has 0 unspecified atom stereocenters. The van der Waals surface area contributed by atoms with E-state index in [1.807, 2.05) is 0 Å². The Balaban J connectivity index is 0.000000274. The van der Waals surface area contributed by atoms with Crippen LogP contribution in [0, 0.1) is 12.2 Å². The number of hydrogen-bond donors (Lipinski definition) is 0. The van der Waals surface area contributed by atoms with E-state index >= 15 is 0 Å². The van der Waals surface area contributed by atoms with Crippen LogP contribution in [0.2, 0.25) is 0 Å². The molecule has 37 heavy (non-hydrogen) atoms. The van der Waals surface area contributed by atoms with Crippen molar-refractivity contribution < 1.29 is 24.0 Å². The van der Waals surface area contributed by atoms with Crippen molar-refractivity contribution in [2.45, 2.75) is 52.6 Å². The molecule has 4 aromatic rings. The van der Waals surface area contributed by atoms with Crippen molar-refractivity contribution in [1.82, 2.24) is 0 Å². The SMILES string of the molecule is CC(C)[N-]C(C)C.Cl.Cl.[B]=[Zr].[C-]1=CCc2ccc3ccccc3c21.[C-]1=CCc2ccc3ccccc3c21. The first-order valence-corrected chi connectivity index (χ1v) is 13.6. The molecule has 0 bridgehead atoms. The Bertz CT molecular complexity index is 1230. The van der Waals surface area contributed by atoms with Crippen LogP contribution in [0.3, 0.4) is 0 Å². The van der Waals surface area contributed by atoms with Crippen LogP contribution < -0.4 is 0 Å². The fourth-order valence-corrected chi connectivity index (χ4v) is 4.44. The van der Waals surface area contributed by atoms with Gasteiger partial charge in [0.05, 0.1) is 0 Å². The molecule has 0 saturated carbocycles. The standard InChI is InChI=1S/2C13H9.C6H14N.B.2ClH.Zr/c2*1-2-6-12-10(4-1)8-9-11-5-3-7-13(11)12;1-5(2)7-6(3)4;;;;/h2*1-4,6,8-9H,5H2;5-6H,1-4H3;;2*1H;/q3*-1;;;;. The Kier molecular flexibility index (Phi) is 15.4. The summed E-state index contributed by atoms with van der Waals surface area (Å²) in [6.45, 7) is 8.39. The fourth-order valence-electron chi connectivity index (χ4n) is 4.44. The van der Waals surface area contributed by atoms with E-state index in [1.54, 1.807) is 0 Å². The van der Waals surface area contributed by atoms with E-state index in [0.717, 1.165) is 36.8 Å². The molecule has 1 nitrogen and oxygen atoms in total. The first-order chi connectivity index (χ1) is 17.0. The summed E-state index contributed by atoms with van der Waals surface area (Å²) in [5, 5.41) is 9.55. The number of nitrogens with zero attached hydrogens (tertiary/aromatic N) is 1. The summed E-state index contributed by atoms with van der Waals surface area (Å²) in [6, 6.07) is 26.7. The van der Waals surface area contributed by atoms with Crippen LogP contribution in [-0.2, 0) is 36.8 Å². The molecule has 4 aromatic carbocycles. The largest absolute Gasteiger partial charge is 0.182 e. The first-order valence-electron chi connectivity index (χ1n) is 12.2. The normalized spacial score (nSPS) is 11.7. The minimum Gasteiger partial charge on any atom is -0.182 e. The van der Waals surface area contributed by atoms with Crippen LogP contribution in [0.1, 0.15) is 49.9 Å². The molecule has 0 saturated heterocycles. The van der Waals surface area contributed by atoms with Gasteiger partial charge >= 0.3 is 28.9 Å². The summed E-state index contributed by atoms with van der Waals surface area (Å²) in [5.41, 5.74) is 5.38. The van der Waals surface area contributed by atoms with Crippen LogP contribution in [-0.4, -0.2) is 17.0 Å². The molecule has 2 aliphatic rings. The van der Waals surface area contributed by atoms with E-state index in [0.29, 0.717) is 12.1 Å². The van der Waals surface area contributed by atoms with Crippen molar-refractivity contribution in [2.24, 2.45) is 0 Å². The Labute approximate surface area is 251 Å². The minimum absolute atomic E-state index is 0. The van der Waals surface area contributed by atoms with Gasteiger partial charge in [-0.3, -0.25) is 0 Å². The van der Waals surface area contributed by atoms with Crippen LogP contribution in [0.5, 0.6) is 0 Å². The second-order valence-corrected chi connectivity index (χ2v) is 9.08. The van der Waals surface area contributed by atoms with Gasteiger partial charge in [-0.25, -0.2) is 0 Å². The molecule has 0 aromatic heterocycles. The average Bonchev–Trinajstić information content (AvgIpc) is 3.55. The zero-order valence-electron chi connectivity index (χ0n) is 22.0. The number of allylic oxidation sites excluding steroid dienone is 2. The van der Waals surface area contributed by atoms with Gasteiger partial charge in [0, 0.05) is 0 Å². The summed E-state index contributed by atoms with van der Waals surface area (Å²) in [4.78, 5) is 4.59. The predicted molar refractivity (Wildman–Crippen MR) is 163 cm³/mol. The minimum atomic E-state index is 0. The molecule has 5 heteroatoms. The molecule has 0 aliphatic heterocycles. The average molecular weight is 606 g/mol. The molecule has 0 amide bonds. The molecule has 6 rings (SSSR count). The van der Waals surface area contributed by atoms with Gasteiger partial charge in [0.2, 0.25) is 0 Å². The third kappa shape index (κ3) is 9.26. The van der Waals surface area contributed by atoms with Crippen molar-refractivity contribution >= 4 is 51.3 Å². The summed E-state index contributed by atoms with van der Waals surface area (Å²) >= 11 is 1.05. The molecular weight excluding hydrogens is 571 g/mol. The third-order valence-electron chi connectivity index (χ3n) is 5.76. The molecule has 1 radical (unpaired) electrons. The Morgan fingerprint density at radius 3 is 1.35 bits per heavy atom. The first kappa shape index (κ1) is 33.4. The zero-order valence-corrected chi connectivity index (χ0v) is 26.1. The van der Waals surface area contributed by atoms with E-state index in [-0.39, 0.29) is 24.8 Å². The van der Waals surface area contributed by atoms with E-state index in [4.69, 9.17) is 0 Å².